The molecule has 0 radical (unpaired) electrons. The minimum Gasteiger partial charge on any atom is -0.464 e. The van der Waals surface area contributed by atoms with Crippen molar-refractivity contribution in [2.24, 2.45) is 17.8 Å². The number of carbonyl (C=O) groups excluding carboxylic acids is 2. The van der Waals surface area contributed by atoms with Gasteiger partial charge in [-0.05, 0) is 63.2 Å². The molecular formula is C24H37NO5. The minimum atomic E-state index is -0.692. The van der Waals surface area contributed by atoms with Crippen LogP contribution in [-0.4, -0.2) is 42.5 Å². The van der Waals surface area contributed by atoms with Crippen molar-refractivity contribution in [3.05, 3.63) is 24.3 Å². The van der Waals surface area contributed by atoms with Crippen LogP contribution in [0.4, 0.5) is 4.79 Å². The largest absolute Gasteiger partial charge is 0.464 e. The van der Waals surface area contributed by atoms with Crippen molar-refractivity contribution >= 4 is 12.1 Å². The number of aliphatic hydroxyl groups excluding tert-OH is 1. The molecule has 3 rings (SSSR count). The number of allylic oxidation sites excluding steroid dienone is 3. The second-order valence-electron chi connectivity index (χ2n) is 9.15. The predicted molar refractivity (Wildman–Crippen MR) is 115 cm³/mol. The first-order valence-corrected chi connectivity index (χ1v) is 11.7. The molecule has 2 atom stereocenters. The Labute approximate surface area is 180 Å². The third-order valence-electron chi connectivity index (χ3n) is 6.65. The number of rotatable bonds is 8. The van der Waals surface area contributed by atoms with Crippen LogP contribution in [0.1, 0.15) is 70.6 Å². The molecule has 0 aromatic heterocycles. The van der Waals surface area contributed by atoms with E-state index in [-0.39, 0.29) is 18.0 Å². The summed E-state index contributed by atoms with van der Waals surface area (Å²) in [5.74, 6) is 0.556. The zero-order chi connectivity index (χ0) is 21.2. The highest BCUT2D eigenvalue weighted by atomic mass is 16.6. The molecule has 0 bridgehead atoms. The highest BCUT2D eigenvalue weighted by Crippen LogP contribution is 2.28. The van der Waals surface area contributed by atoms with E-state index in [0.29, 0.717) is 31.5 Å². The van der Waals surface area contributed by atoms with Gasteiger partial charge in [0.05, 0.1) is 19.3 Å². The molecule has 168 valence electrons. The molecule has 1 amide bonds. The van der Waals surface area contributed by atoms with Crippen LogP contribution in [0.25, 0.3) is 0 Å². The van der Waals surface area contributed by atoms with Gasteiger partial charge in [-0.15, -0.1) is 0 Å². The van der Waals surface area contributed by atoms with Crippen LogP contribution in [0.3, 0.4) is 0 Å². The van der Waals surface area contributed by atoms with Gasteiger partial charge in [-0.2, -0.15) is 0 Å². The van der Waals surface area contributed by atoms with Gasteiger partial charge in [0.2, 0.25) is 0 Å². The van der Waals surface area contributed by atoms with Crippen LogP contribution < -0.4 is 5.32 Å². The summed E-state index contributed by atoms with van der Waals surface area (Å²) in [6.07, 6.45) is 17.7. The van der Waals surface area contributed by atoms with Crippen molar-refractivity contribution in [2.45, 2.75) is 82.8 Å². The maximum absolute atomic E-state index is 12.8. The second-order valence-corrected chi connectivity index (χ2v) is 9.15. The Morgan fingerprint density at radius 3 is 2.40 bits per heavy atom. The molecule has 2 fully saturated rings. The van der Waals surface area contributed by atoms with Crippen LogP contribution >= 0.6 is 0 Å². The maximum Gasteiger partial charge on any atom is 0.407 e. The summed E-state index contributed by atoms with van der Waals surface area (Å²) in [5, 5.41) is 12.5. The molecule has 0 heterocycles. The van der Waals surface area contributed by atoms with Crippen LogP contribution in [-0.2, 0) is 14.3 Å². The van der Waals surface area contributed by atoms with E-state index >= 15 is 0 Å². The van der Waals surface area contributed by atoms with Gasteiger partial charge < -0.3 is 19.9 Å². The number of esters is 1. The van der Waals surface area contributed by atoms with E-state index in [1.54, 1.807) is 0 Å². The summed E-state index contributed by atoms with van der Waals surface area (Å²) >= 11 is 0. The quantitative estimate of drug-likeness (QED) is 0.574. The molecule has 0 spiro atoms. The maximum atomic E-state index is 12.8. The Morgan fingerprint density at radius 2 is 1.70 bits per heavy atom. The first-order chi connectivity index (χ1) is 14.6. The third-order valence-corrected chi connectivity index (χ3v) is 6.65. The molecule has 0 saturated heterocycles. The standard InChI is InChI=1S/C24H37NO5/c26-21-13-11-18(12-14-21)15-22(23(27)29-16-19-7-3-1-4-8-19)25-24(28)30-17-20-9-5-2-6-10-20/h2,5-6,9,18-22,26H,1,3-4,7-8,10-17H2,(H,25,28)/t18?,20?,21?,22-/m0/s1. The van der Waals surface area contributed by atoms with Gasteiger partial charge >= 0.3 is 12.1 Å². The Bertz CT molecular complexity index is 603. The molecule has 2 saturated carbocycles. The highest BCUT2D eigenvalue weighted by Gasteiger charge is 2.30. The molecule has 0 aliphatic heterocycles. The van der Waals surface area contributed by atoms with E-state index in [0.717, 1.165) is 44.9 Å². The Balaban J connectivity index is 1.49. The number of hydrogen-bond acceptors (Lipinski definition) is 5. The van der Waals surface area contributed by atoms with Crippen molar-refractivity contribution in [2.75, 3.05) is 13.2 Å². The lowest BCUT2D eigenvalue weighted by Gasteiger charge is -2.29. The average Bonchev–Trinajstić information content (AvgIpc) is 2.78. The molecule has 3 aliphatic rings. The molecular weight excluding hydrogens is 382 g/mol. The van der Waals surface area contributed by atoms with Crippen LogP contribution in [0.15, 0.2) is 24.3 Å². The summed E-state index contributed by atoms with van der Waals surface area (Å²) in [6, 6.07) is -0.692. The minimum absolute atomic E-state index is 0.178. The van der Waals surface area contributed by atoms with Crippen LogP contribution in [0.5, 0.6) is 0 Å². The monoisotopic (exact) mass is 419 g/mol. The Kier molecular flexibility index (Phi) is 9.25. The van der Waals surface area contributed by atoms with Crippen LogP contribution in [0.2, 0.25) is 0 Å². The fourth-order valence-corrected chi connectivity index (χ4v) is 4.70. The lowest BCUT2D eigenvalue weighted by atomic mass is 9.83. The first-order valence-electron chi connectivity index (χ1n) is 11.7. The van der Waals surface area contributed by atoms with Crippen molar-refractivity contribution in [3.63, 3.8) is 0 Å². The summed E-state index contributed by atoms with van der Waals surface area (Å²) in [7, 11) is 0. The number of alkyl carbamates (subject to hydrolysis) is 1. The number of ether oxygens (including phenoxy) is 2. The van der Waals surface area contributed by atoms with Gasteiger partial charge in [0.25, 0.3) is 0 Å². The van der Waals surface area contributed by atoms with Crippen molar-refractivity contribution in [1.82, 2.24) is 5.32 Å². The van der Waals surface area contributed by atoms with Crippen molar-refractivity contribution in [1.29, 1.82) is 0 Å². The topological polar surface area (TPSA) is 84.9 Å². The van der Waals surface area contributed by atoms with Gasteiger partial charge in [-0.3, -0.25) is 0 Å². The van der Waals surface area contributed by atoms with E-state index in [4.69, 9.17) is 9.47 Å². The summed E-state index contributed by atoms with van der Waals surface area (Å²) in [5.41, 5.74) is 0. The molecule has 6 nitrogen and oxygen atoms in total. The van der Waals surface area contributed by atoms with Gasteiger partial charge in [0.1, 0.15) is 6.04 Å². The molecule has 30 heavy (non-hydrogen) atoms. The van der Waals surface area contributed by atoms with Gasteiger partial charge in [-0.25, -0.2) is 9.59 Å². The van der Waals surface area contributed by atoms with Crippen molar-refractivity contribution in [3.8, 4) is 0 Å². The number of amides is 1. The molecule has 3 aliphatic carbocycles. The Hall–Kier alpha value is -1.82. The van der Waals surface area contributed by atoms with E-state index in [2.05, 4.69) is 11.4 Å². The number of carbonyl (C=O) groups is 2. The lowest BCUT2D eigenvalue weighted by molar-refractivity contribution is -0.148. The van der Waals surface area contributed by atoms with Gasteiger partial charge in [0, 0.05) is 5.92 Å². The number of aliphatic hydroxyl groups is 1. The molecule has 1 unspecified atom stereocenters. The fraction of sp³-hybridized carbons (Fsp3) is 0.750. The first kappa shape index (κ1) is 22.9. The normalized spacial score (nSPS) is 28.0. The summed E-state index contributed by atoms with van der Waals surface area (Å²) < 4.78 is 11.0. The number of hydrogen-bond donors (Lipinski definition) is 2. The molecule has 0 aromatic rings. The second kappa shape index (κ2) is 12.1. The highest BCUT2D eigenvalue weighted by molar-refractivity contribution is 5.81. The van der Waals surface area contributed by atoms with Crippen molar-refractivity contribution < 1.29 is 24.2 Å². The van der Waals surface area contributed by atoms with E-state index in [1.807, 2.05) is 18.2 Å². The van der Waals surface area contributed by atoms with Gasteiger partial charge in [-0.1, -0.05) is 43.6 Å². The smallest absolute Gasteiger partial charge is 0.407 e. The molecule has 6 heteroatoms. The van der Waals surface area contributed by atoms with E-state index in [9.17, 15) is 14.7 Å². The van der Waals surface area contributed by atoms with Gasteiger partial charge in [0.15, 0.2) is 0 Å². The van der Waals surface area contributed by atoms with E-state index < -0.39 is 12.1 Å². The molecule has 2 N–H and O–H groups in total. The summed E-state index contributed by atoms with van der Waals surface area (Å²) in [4.78, 5) is 25.2. The predicted octanol–water partition coefficient (Wildman–Crippen LogP) is 4.28. The summed E-state index contributed by atoms with van der Waals surface area (Å²) in [6.45, 7) is 0.737. The zero-order valence-electron chi connectivity index (χ0n) is 18.0. The third kappa shape index (κ3) is 7.78. The zero-order valence-corrected chi connectivity index (χ0v) is 18.0. The molecule has 0 aromatic carbocycles. The Morgan fingerprint density at radius 1 is 0.933 bits per heavy atom. The fourth-order valence-electron chi connectivity index (χ4n) is 4.70. The van der Waals surface area contributed by atoms with Crippen LogP contribution in [0, 0.1) is 17.8 Å². The lowest BCUT2D eigenvalue weighted by Crippen LogP contribution is -2.44. The SMILES string of the molecule is O=C(N[C@@H](CC1CCC(O)CC1)C(=O)OCC1CCCCC1)OCC1C=CC=CC1. The van der Waals surface area contributed by atoms with E-state index in [1.165, 1.54) is 19.3 Å². The number of nitrogens with one attached hydrogen (secondary N) is 1. The average molecular weight is 420 g/mol.